The van der Waals surface area contributed by atoms with Crippen LogP contribution in [0.3, 0.4) is 0 Å². The van der Waals surface area contributed by atoms with Gasteiger partial charge >= 0.3 is 6.18 Å². The number of hydrogen-bond acceptors (Lipinski definition) is 3. The summed E-state index contributed by atoms with van der Waals surface area (Å²) in [6, 6.07) is 3.31. The number of carbonyl (C=O) groups excluding carboxylic acids is 1. The van der Waals surface area contributed by atoms with Crippen molar-refractivity contribution in [1.82, 2.24) is 5.32 Å². The summed E-state index contributed by atoms with van der Waals surface area (Å²) in [6.45, 7) is 0.231. The van der Waals surface area contributed by atoms with E-state index in [9.17, 15) is 18.0 Å². The average molecular weight is 219 g/mol. The van der Waals surface area contributed by atoms with Crippen molar-refractivity contribution in [2.45, 2.75) is 12.7 Å². The molecule has 1 rings (SSSR count). The monoisotopic (exact) mass is 219 g/mol. The zero-order valence-electron chi connectivity index (χ0n) is 7.54. The van der Waals surface area contributed by atoms with Crippen molar-refractivity contribution >= 4 is 5.78 Å². The van der Waals surface area contributed by atoms with Gasteiger partial charge in [0.1, 0.15) is 5.76 Å². The second-order valence-electron chi connectivity index (χ2n) is 2.66. The lowest BCUT2D eigenvalue weighted by Crippen LogP contribution is -2.20. The van der Waals surface area contributed by atoms with Gasteiger partial charge in [-0.2, -0.15) is 13.2 Å². The summed E-state index contributed by atoms with van der Waals surface area (Å²) >= 11 is 0. The molecule has 0 unspecified atom stereocenters. The van der Waals surface area contributed by atoms with Gasteiger partial charge in [0.25, 0.3) is 5.78 Å². The van der Waals surface area contributed by atoms with Crippen molar-refractivity contribution in [3.63, 3.8) is 0 Å². The Hall–Kier alpha value is -1.72. The maximum atomic E-state index is 11.7. The Morgan fingerprint density at radius 2 is 2.27 bits per heavy atom. The van der Waals surface area contributed by atoms with E-state index in [0.717, 1.165) is 6.20 Å². The van der Waals surface area contributed by atoms with Crippen LogP contribution in [-0.4, -0.2) is 12.0 Å². The zero-order chi connectivity index (χ0) is 11.3. The van der Waals surface area contributed by atoms with Gasteiger partial charge in [0.05, 0.1) is 12.8 Å². The van der Waals surface area contributed by atoms with E-state index in [1.807, 2.05) is 0 Å². The van der Waals surface area contributed by atoms with E-state index < -0.39 is 12.0 Å². The van der Waals surface area contributed by atoms with Gasteiger partial charge in [-0.1, -0.05) is 0 Å². The first-order valence-corrected chi connectivity index (χ1v) is 4.03. The molecule has 0 radical (unpaired) electrons. The summed E-state index contributed by atoms with van der Waals surface area (Å²) in [7, 11) is 0. The number of nitrogens with one attached hydrogen (secondary N) is 1. The molecule has 0 aliphatic heterocycles. The van der Waals surface area contributed by atoms with Crippen LogP contribution in [0, 0.1) is 0 Å². The minimum absolute atomic E-state index is 0.231. The average Bonchev–Trinajstić information content (AvgIpc) is 2.63. The van der Waals surface area contributed by atoms with E-state index in [4.69, 9.17) is 4.42 Å². The molecule has 0 spiro atoms. The minimum Gasteiger partial charge on any atom is -0.467 e. The fraction of sp³-hybridized carbons (Fsp3) is 0.222. The van der Waals surface area contributed by atoms with Gasteiger partial charge in [0.15, 0.2) is 0 Å². The summed E-state index contributed by atoms with van der Waals surface area (Å²) in [6.07, 6.45) is -1.99. The van der Waals surface area contributed by atoms with Gasteiger partial charge in [-0.05, 0) is 12.1 Å². The smallest absolute Gasteiger partial charge is 0.454 e. The Balaban J connectivity index is 2.32. The highest BCUT2D eigenvalue weighted by atomic mass is 19.4. The second kappa shape index (κ2) is 4.68. The second-order valence-corrected chi connectivity index (χ2v) is 2.66. The first-order valence-electron chi connectivity index (χ1n) is 4.03. The van der Waals surface area contributed by atoms with Crippen molar-refractivity contribution in [2.75, 3.05) is 0 Å². The lowest BCUT2D eigenvalue weighted by atomic mass is 10.4. The third-order valence-corrected chi connectivity index (χ3v) is 1.49. The van der Waals surface area contributed by atoms with E-state index in [1.165, 1.54) is 6.26 Å². The third-order valence-electron chi connectivity index (χ3n) is 1.49. The predicted octanol–water partition coefficient (Wildman–Crippen LogP) is 2.01. The molecule has 0 aromatic carbocycles. The maximum absolute atomic E-state index is 11.7. The molecule has 1 aromatic heterocycles. The van der Waals surface area contributed by atoms with Gasteiger partial charge < -0.3 is 9.73 Å². The van der Waals surface area contributed by atoms with Crippen molar-refractivity contribution in [1.29, 1.82) is 0 Å². The molecule has 0 amide bonds. The van der Waals surface area contributed by atoms with Crippen LogP contribution >= 0.6 is 0 Å². The van der Waals surface area contributed by atoms with E-state index in [0.29, 0.717) is 11.8 Å². The molecule has 6 heteroatoms. The summed E-state index contributed by atoms with van der Waals surface area (Å²) < 4.78 is 40.0. The largest absolute Gasteiger partial charge is 0.467 e. The van der Waals surface area contributed by atoms with Crippen LogP contribution in [0.25, 0.3) is 0 Å². The van der Waals surface area contributed by atoms with Crippen molar-refractivity contribution in [3.8, 4) is 0 Å². The van der Waals surface area contributed by atoms with E-state index in [-0.39, 0.29) is 6.54 Å². The molecule has 0 fully saturated rings. The highest BCUT2D eigenvalue weighted by Gasteiger charge is 2.35. The highest BCUT2D eigenvalue weighted by molar-refractivity contribution is 5.94. The topological polar surface area (TPSA) is 42.2 Å². The number of halogens is 3. The molecule has 15 heavy (non-hydrogen) atoms. The van der Waals surface area contributed by atoms with Gasteiger partial charge in [-0.25, -0.2) is 0 Å². The number of allylic oxidation sites excluding steroid dienone is 1. The van der Waals surface area contributed by atoms with E-state index in [1.54, 1.807) is 12.1 Å². The summed E-state index contributed by atoms with van der Waals surface area (Å²) in [5.41, 5.74) is 0. The fourth-order valence-electron chi connectivity index (χ4n) is 0.802. The first kappa shape index (κ1) is 11.4. The maximum Gasteiger partial charge on any atom is 0.454 e. The Labute approximate surface area is 83.6 Å². The molecule has 0 saturated heterocycles. The molecular weight excluding hydrogens is 211 g/mol. The lowest BCUT2D eigenvalue weighted by molar-refractivity contribution is -0.165. The summed E-state index contributed by atoms with van der Waals surface area (Å²) in [4.78, 5) is 10.4. The normalized spacial score (nSPS) is 11.9. The Morgan fingerprint density at radius 3 is 2.80 bits per heavy atom. The predicted molar refractivity (Wildman–Crippen MR) is 45.7 cm³/mol. The van der Waals surface area contributed by atoms with Gasteiger partial charge in [0, 0.05) is 12.3 Å². The Morgan fingerprint density at radius 1 is 1.53 bits per heavy atom. The number of rotatable bonds is 4. The van der Waals surface area contributed by atoms with E-state index >= 15 is 0 Å². The number of ketones is 1. The zero-order valence-corrected chi connectivity index (χ0v) is 7.54. The Kier molecular flexibility index (Phi) is 3.54. The molecule has 0 aliphatic rings. The van der Waals surface area contributed by atoms with Crippen LogP contribution in [0.15, 0.2) is 35.1 Å². The molecular formula is C9H8F3NO2. The lowest BCUT2D eigenvalue weighted by Gasteiger charge is -2.00. The van der Waals surface area contributed by atoms with Gasteiger partial charge in [0.2, 0.25) is 0 Å². The van der Waals surface area contributed by atoms with Crippen LogP contribution in [0.5, 0.6) is 0 Å². The van der Waals surface area contributed by atoms with E-state index in [2.05, 4.69) is 5.32 Å². The van der Waals surface area contributed by atoms with Crippen LogP contribution in [-0.2, 0) is 11.3 Å². The molecule has 0 bridgehead atoms. The minimum atomic E-state index is -4.82. The number of furan rings is 1. The molecule has 0 atom stereocenters. The third kappa shape index (κ3) is 3.88. The van der Waals surface area contributed by atoms with Crippen LogP contribution < -0.4 is 5.32 Å². The molecule has 1 N–H and O–H groups in total. The van der Waals surface area contributed by atoms with Gasteiger partial charge in [-0.15, -0.1) is 0 Å². The summed E-state index contributed by atoms with van der Waals surface area (Å²) in [5.74, 6) is -1.33. The quantitative estimate of drug-likeness (QED) is 0.787. The van der Waals surface area contributed by atoms with Crippen LogP contribution in [0.2, 0.25) is 0 Å². The SMILES string of the molecule is O=C(C=CNCc1ccco1)C(F)(F)F. The number of carbonyl (C=O) groups is 1. The molecule has 0 aliphatic carbocycles. The number of alkyl halides is 3. The van der Waals surface area contributed by atoms with Gasteiger partial charge in [-0.3, -0.25) is 4.79 Å². The van der Waals surface area contributed by atoms with Crippen LogP contribution in [0.1, 0.15) is 5.76 Å². The number of hydrogen-bond donors (Lipinski definition) is 1. The standard InChI is InChI=1S/C9H8F3NO2/c10-9(11,12)8(14)3-4-13-6-7-2-1-5-15-7/h1-5,13H,6H2. The van der Waals surface area contributed by atoms with Crippen molar-refractivity contribution in [3.05, 3.63) is 36.4 Å². The molecule has 3 nitrogen and oxygen atoms in total. The van der Waals surface area contributed by atoms with Crippen molar-refractivity contribution < 1.29 is 22.4 Å². The molecule has 1 aromatic rings. The summed E-state index contributed by atoms with van der Waals surface area (Å²) in [5, 5.41) is 2.50. The Bertz CT molecular complexity index is 341. The fourth-order valence-corrected chi connectivity index (χ4v) is 0.802. The first-order chi connectivity index (χ1) is 7.00. The van der Waals surface area contributed by atoms with Crippen LogP contribution in [0.4, 0.5) is 13.2 Å². The highest BCUT2D eigenvalue weighted by Crippen LogP contribution is 2.15. The molecule has 0 saturated carbocycles. The molecule has 1 heterocycles. The molecule has 82 valence electrons. The van der Waals surface area contributed by atoms with Crippen molar-refractivity contribution in [2.24, 2.45) is 0 Å².